The Kier molecular flexibility index (Phi) is 6.10. The number of hydrogen-bond acceptors (Lipinski definition) is 2. The molecule has 0 unspecified atom stereocenters. The molecule has 0 aromatic heterocycles. The first-order chi connectivity index (χ1) is 10.7. The van der Waals surface area contributed by atoms with Gasteiger partial charge in [0.05, 0.1) is 0 Å². The number of nitrogens with zero attached hydrogens (tertiary/aromatic N) is 3. The third kappa shape index (κ3) is 4.15. The minimum Gasteiger partial charge on any atom is -0.374 e. The summed E-state index contributed by atoms with van der Waals surface area (Å²) in [6.07, 6.45) is 4.85. The van der Waals surface area contributed by atoms with E-state index in [1.807, 2.05) is 7.05 Å². The van der Waals surface area contributed by atoms with E-state index in [1.165, 1.54) is 49.0 Å². The van der Waals surface area contributed by atoms with Crippen LogP contribution < -0.4 is 10.2 Å². The van der Waals surface area contributed by atoms with Gasteiger partial charge in [0.15, 0.2) is 5.96 Å². The largest absolute Gasteiger partial charge is 0.374 e. The van der Waals surface area contributed by atoms with Crippen LogP contribution in [-0.4, -0.2) is 45.1 Å². The number of aryl methyl sites for hydroxylation is 1. The Hall–Kier alpha value is -1.71. The van der Waals surface area contributed by atoms with Crippen LogP contribution in [0.1, 0.15) is 37.3 Å². The van der Waals surface area contributed by atoms with Gasteiger partial charge in [-0.2, -0.15) is 0 Å². The van der Waals surface area contributed by atoms with E-state index >= 15 is 0 Å². The number of fused-ring (bicyclic) bond motifs is 1. The van der Waals surface area contributed by atoms with Gasteiger partial charge in [-0.15, -0.1) is 0 Å². The Bertz CT molecular complexity index is 510. The van der Waals surface area contributed by atoms with Crippen molar-refractivity contribution in [2.24, 2.45) is 4.99 Å². The van der Waals surface area contributed by atoms with Gasteiger partial charge in [0, 0.05) is 46.5 Å². The molecule has 122 valence electrons. The fourth-order valence-corrected chi connectivity index (χ4v) is 3.02. The molecule has 1 aromatic rings. The third-order valence-corrected chi connectivity index (χ3v) is 4.37. The van der Waals surface area contributed by atoms with Crippen molar-refractivity contribution >= 4 is 11.6 Å². The highest BCUT2D eigenvalue weighted by Crippen LogP contribution is 2.26. The molecule has 1 aromatic carbocycles. The summed E-state index contributed by atoms with van der Waals surface area (Å²) >= 11 is 0. The second-order valence-corrected chi connectivity index (χ2v) is 6.16. The molecule has 0 spiro atoms. The van der Waals surface area contributed by atoms with Gasteiger partial charge in [-0.05, 0) is 36.5 Å². The van der Waals surface area contributed by atoms with Crippen LogP contribution >= 0.6 is 0 Å². The first kappa shape index (κ1) is 16.7. The molecule has 0 aliphatic carbocycles. The van der Waals surface area contributed by atoms with Crippen molar-refractivity contribution < 1.29 is 0 Å². The van der Waals surface area contributed by atoms with Crippen molar-refractivity contribution in [2.75, 3.05) is 39.1 Å². The predicted octanol–water partition coefficient (Wildman–Crippen LogP) is 2.88. The fourth-order valence-electron chi connectivity index (χ4n) is 3.02. The van der Waals surface area contributed by atoms with Crippen LogP contribution in [0.5, 0.6) is 0 Å². The van der Waals surface area contributed by atoms with Gasteiger partial charge in [-0.25, -0.2) is 0 Å². The lowest BCUT2D eigenvalue weighted by atomic mass is 9.99. The van der Waals surface area contributed by atoms with Crippen LogP contribution in [0.3, 0.4) is 0 Å². The SMILES string of the molecule is CCCCN(C)C(=NC)NCc1ccc2c(c1)CCCN2C. The van der Waals surface area contributed by atoms with E-state index in [0.717, 1.165) is 19.0 Å². The monoisotopic (exact) mass is 302 g/mol. The number of unbranched alkanes of at least 4 members (excludes halogenated alkanes) is 1. The molecule has 0 bridgehead atoms. The van der Waals surface area contributed by atoms with Gasteiger partial charge in [0.2, 0.25) is 0 Å². The van der Waals surface area contributed by atoms with E-state index in [-0.39, 0.29) is 0 Å². The molecule has 1 aliphatic heterocycles. The number of hydrogen-bond donors (Lipinski definition) is 1. The summed E-state index contributed by atoms with van der Waals surface area (Å²) in [5.41, 5.74) is 4.20. The molecule has 0 fully saturated rings. The molecular weight excluding hydrogens is 272 g/mol. The summed E-state index contributed by atoms with van der Waals surface area (Å²) in [6.45, 7) is 5.26. The zero-order chi connectivity index (χ0) is 15.9. The van der Waals surface area contributed by atoms with Crippen molar-refractivity contribution in [1.29, 1.82) is 0 Å². The summed E-state index contributed by atoms with van der Waals surface area (Å²) in [4.78, 5) is 8.94. The highest BCUT2D eigenvalue weighted by Gasteiger charge is 2.14. The Morgan fingerprint density at radius 1 is 1.41 bits per heavy atom. The smallest absolute Gasteiger partial charge is 0.193 e. The minimum absolute atomic E-state index is 0.833. The van der Waals surface area contributed by atoms with E-state index in [0.29, 0.717) is 0 Å². The zero-order valence-electron chi connectivity index (χ0n) is 14.5. The van der Waals surface area contributed by atoms with Crippen molar-refractivity contribution in [3.63, 3.8) is 0 Å². The highest BCUT2D eigenvalue weighted by molar-refractivity contribution is 5.79. The number of nitrogens with one attached hydrogen (secondary N) is 1. The lowest BCUT2D eigenvalue weighted by Crippen LogP contribution is -2.39. The van der Waals surface area contributed by atoms with Crippen molar-refractivity contribution in [2.45, 2.75) is 39.2 Å². The summed E-state index contributed by atoms with van der Waals surface area (Å²) in [7, 11) is 6.14. The van der Waals surface area contributed by atoms with Gasteiger partial charge in [-0.3, -0.25) is 4.99 Å². The lowest BCUT2D eigenvalue weighted by molar-refractivity contribution is 0.464. The van der Waals surface area contributed by atoms with E-state index in [2.05, 4.69) is 59.3 Å². The Morgan fingerprint density at radius 2 is 2.23 bits per heavy atom. The van der Waals surface area contributed by atoms with Gasteiger partial charge in [0.1, 0.15) is 0 Å². The molecule has 1 N–H and O–H groups in total. The predicted molar refractivity (Wildman–Crippen MR) is 95.8 cm³/mol. The molecule has 0 radical (unpaired) electrons. The van der Waals surface area contributed by atoms with Crippen molar-refractivity contribution in [1.82, 2.24) is 10.2 Å². The molecule has 0 saturated carbocycles. The lowest BCUT2D eigenvalue weighted by Gasteiger charge is -2.28. The average molecular weight is 302 g/mol. The second-order valence-electron chi connectivity index (χ2n) is 6.16. The van der Waals surface area contributed by atoms with Crippen LogP contribution in [-0.2, 0) is 13.0 Å². The quantitative estimate of drug-likeness (QED) is 0.670. The maximum absolute atomic E-state index is 4.38. The van der Waals surface area contributed by atoms with Crippen LogP contribution in [0, 0.1) is 0 Å². The summed E-state index contributed by atoms with van der Waals surface area (Å²) in [5, 5.41) is 3.47. The zero-order valence-corrected chi connectivity index (χ0v) is 14.5. The molecule has 1 heterocycles. The van der Waals surface area contributed by atoms with Gasteiger partial charge in [0.25, 0.3) is 0 Å². The van der Waals surface area contributed by atoms with Gasteiger partial charge < -0.3 is 15.1 Å². The Balaban J connectivity index is 1.96. The van der Waals surface area contributed by atoms with Crippen LogP contribution in [0.15, 0.2) is 23.2 Å². The number of anilines is 1. The van der Waals surface area contributed by atoms with E-state index in [1.54, 1.807) is 0 Å². The first-order valence-electron chi connectivity index (χ1n) is 8.40. The third-order valence-electron chi connectivity index (χ3n) is 4.37. The molecule has 0 amide bonds. The maximum Gasteiger partial charge on any atom is 0.193 e. The summed E-state index contributed by atoms with van der Waals surface area (Å²) in [6, 6.07) is 6.83. The van der Waals surface area contributed by atoms with Gasteiger partial charge in [-0.1, -0.05) is 25.5 Å². The molecule has 0 atom stereocenters. The summed E-state index contributed by atoms with van der Waals surface area (Å²) < 4.78 is 0. The first-order valence-corrected chi connectivity index (χ1v) is 8.40. The fraction of sp³-hybridized carbons (Fsp3) is 0.611. The molecule has 4 nitrogen and oxygen atoms in total. The number of aliphatic imine (C=N–C) groups is 1. The molecule has 1 aliphatic rings. The normalized spacial score (nSPS) is 14.7. The highest BCUT2D eigenvalue weighted by atomic mass is 15.3. The van der Waals surface area contributed by atoms with Crippen molar-refractivity contribution in [3.8, 4) is 0 Å². The Morgan fingerprint density at radius 3 is 2.95 bits per heavy atom. The standard InChI is InChI=1S/C18H30N4/c1-5-6-11-22(4)18(19-2)20-14-15-9-10-17-16(13-15)8-7-12-21(17)3/h9-10,13H,5-8,11-12,14H2,1-4H3,(H,19,20). The number of rotatable bonds is 5. The second kappa shape index (κ2) is 8.06. The van der Waals surface area contributed by atoms with Crippen LogP contribution in [0.4, 0.5) is 5.69 Å². The van der Waals surface area contributed by atoms with Gasteiger partial charge >= 0.3 is 0 Å². The van der Waals surface area contributed by atoms with E-state index in [9.17, 15) is 0 Å². The van der Waals surface area contributed by atoms with E-state index in [4.69, 9.17) is 0 Å². The topological polar surface area (TPSA) is 30.9 Å². The summed E-state index contributed by atoms with van der Waals surface area (Å²) in [5.74, 6) is 0.975. The van der Waals surface area contributed by atoms with Crippen molar-refractivity contribution in [3.05, 3.63) is 29.3 Å². The average Bonchev–Trinajstić information content (AvgIpc) is 2.53. The number of benzene rings is 1. The Labute approximate surface area is 135 Å². The molecule has 4 heteroatoms. The maximum atomic E-state index is 4.38. The number of guanidine groups is 1. The van der Waals surface area contributed by atoms with Crippen LogP contribution in [0.2, 0.25) is 0 Å². The minimum atomic E-state index is 0.833. The van der Waals surface area contributed by atoms with Crippen LogP contribution in [0.25, 0.3) is 0 Å². The molecule has 22 heavy (non-hydrogen) atoms. The molecular formula is C18H30N4. The van der Waals surface area contributed by atoms with E-state index < -0.39 is 0 Å². The molecule has 2 rings (SSSR count). The molecule has 0 saturated heterocycles.